The lowest BCUT2D eigenvalue weighted by molar-refractivity contribution is -0.384. The topological polar surface area (TPSA) is 110 Å². The summed E-state index contributed by atoms with van der Waals surface area (Å²) in [4.78, 5) is 9.74. The quantitative estimate of drug-likeness (QED) is 0.608. The number of halogens is 1. The second-order valence-corrected chi connectivity index (χ2v) is 7.01. The molecule has 0 saturated heterocycles. The van der Waals surface area contributed by atoms with Crippen LogP contribution >= 0.6 is 0 Å². The lowest BCUT2D eigenvalue weighted by Gasteiger charge is -2.29. The number of nitrogens with one attached hydrogen (secondary N) is 1. The molecule has 2 N–H and O–H groups in total. The highest BCUT2D eigenvalue weighted by molar-refractivity contribution is 7.89. The van der Waals surface area contributed by atoms with Gasteiger partial charge in [0.15, 0.2) is 0 Å². The molecule has 0 aliphatic rings. The molecule has 24 heavy (non-hydrogen) atoms. The van der Waals surface area contributed by atoms with Crippen molar-refractivity contribution in [3.8, 4) is 0 Å². The molecule has 0 bridgehead atoms. The van der Waals surface area contributed by atoms with Crippen LogP contribution in [0, 0.1) is 15.9 Å². The molecule has 0 spiro atoms. The number of non-ortho nitro benzene ring substituents is 1. The Hall–Kier alpha value is -2.36. The highest BCUT2D eigenvalue weighted by atomic mass is 32.2. The van der Waals surface area contributed by atoms with E-state index in [-0.39, 0.29) is 16.1 Å². The number of nitrogens with zero attached hydrogens (tertiary/aromatic N) is 1. The van der Waals surface area contributed by atoms with E-state index >= 15 is 0 Å². The number of nitro groups is 1. The summed E-state index contributed by atoms with van der Waals surface area (Å²) < 4.78 is 41.1. The second kappa shape index (κ2) is 6.63. The van der Waals surface area contributed by atoms with E-state index in [1.165, 1.54) is 25.1 Å². The number of aliphatic hydroxyl groups is 1. The van der Waals surface area contributed by atoms with Gasteiger partial charge in [-0.15, -0.1) is 0 Å². The molecule has 0 radical (unpaired) electrons. The van der Waals surface area contributed by atoms with Crippen LogP contribution in [-0.2, 0) is 15.6 Å². The van der Waals surface area contributed by atoms with Gasteiger partial charge in [0.25, 0.3) is 5.69 Å². The molecule has 9 heteroatoms. The van der Waals surface area contributed by atoms with Crippen LogP contribution in [-0.4, -0.2) is 25.1 Å². The Labute approximate surface area is 138 Å². The Morgan fingerprint density at radius 3 is 2.29 bits per heavy atom. The number of hydrogen-bond acceptors (Lipinski definition) is 5. The van der Waals surface area contributed by atoms with Crippen molar-refractivity contribution in [2.24, 2.45) is 0 Å². The lowest BCUT2D eigenvalue weighted by atomic mass is 9.94. The van der Waals surface area contributed by atoms with Gasteiger partial charge in [0.2, 0.25) is 10.0 Å². The van der Waals surface area contributed by atoms with E-state index in [2.05, 4.69) is 4.72 Å². The summed E-state index contributed by atoms with van der Waals surface area (Å²) in [5.74, 6) is -0.666. The summed E-state index contributed by atoms with van der Waals surface area (Å²) in [7, 11) is -4.14. The zero-order valence-corrected chi connectivity index (χ0v) is 13.5. The van der Waals surface area contributed by atoms with Crippen LogP contribution in [0.3, 0.4) is 0 Å². The van der Waals surface area contributed by atoms with Crippen molar-refractivity contribution in [3.05, 3.63) is 70.0 Å². The average molecular weight is 354 g/mol. The molecule has 0 aliphatic carbocycles. The molecule has 0 fully saturated rings. The molecule has 0 heterocycles. The monoisotopic (exact) mass is 354 g/mol. The Balaban J connectivity index is 2.39. The SMILES string of the molecule is C[C@@](CO)(NS(=O)(=O)c1ccc([N+](=O)[O-])cc1)c1ccccc1F. The normalized spacial score (nSPS) is 14.1. The maximum Gasteiger partial charge on any atom is 0.269 e. The lowest BCUT2D eigenvalue weighted by Crippen LogP contribution is -2.46. The molecule has 2 rings (SSSR count). The fraction of sp³-hybridized carbons (Fsp3) is 0.200. The van der Waals surface area contributed by atoms with Crippen LogP contribution in [0.15, 0.2) is 53.4 Å². The third-order valence-electron chi connectivity index (χ3n) is 3.50. The molecule has 7 nitrogen and oxygen atoms in total. The molecule has 0 aromatic heterocycles. The summed E-state index contributed by atoms with van der Waals surface area (Å²) in [5.41, 5.74) is -1.86. The molecule has 128 valence electrons. The number of nitro benzene ring substituents is 1. The van der Waals surface area contributed by atoms with Gasteiger partial charge >= 0.3 is 0 Å². The van der Waals surface area contributed by atoms with Crippen LogP contribution in [0.1, 0.15) is 12.5 Å². The van der Waals surface area contributed by atoms with E-state index in [9.17, 15) is 28.0 Å². The van der Waals surface area contributed by atoms with Crippen LogP contribution in [0.25, 0.3) is 0 Å². The fourth-order valence-corrected chi connectivity index (χ4v) is 3.56. The minimum absolute atomic E-state index is 0.0158. The van der Waals surface area contributed by atoms with Crippen molar-refractivity contribution in [3.63, 3.8) is 0 Å². The first-order valence-corrected chi connectivity index (χ1v) is 8.32. The molecular formula is C15H15FN2O5S. The summed E-state index contributed by atoms with van der Waals surface area (Å²) in [5, 5.41) is 20.2. The molecule has 2 aromatic carbocycles. The minimum Gasteiger partial charge on any atom is -0.394 e. The maximum atomic E-state index is 14.0. The van der Waals surface area contributed by atoms with Gasteiger partial charge < -0.3 is 5.11 Å². The average Bonchev–Trinajstić information content (AvgIpc) is 2.54. The first kappa shape index (κ1) is 18.0. The van der Waals surface area contributed by atoms with Gasteiger partial charge in [-0.2, -0.15) is 4.72 Å². The van der Waals surface area contributed by atoms with Crippen LogP contribution < -0.4 is 4.72 Å². The van der Waals surface area contributed by atoms with Crippen molar-refractivity contribution in [1.82, 2.24) is 4.72 Å². The van der Waals surface area contributed by atoms with E-state index in [1.54, 1.807) is 0 Å². The van der Waals surface area contributed by atoms with E-state index in [1.807, 2.05) is 0 Å². The van der Waals surface area contributed by atoms with Gasteiger partial charge in [-0.1, -0.05) is 18.2 Å². The summed E-state index contributed by atoms with van der Waals surface area (Å²) in [6.07, 6.45) is 0. The predicted molar refractivity (Wildman–Crippen MR) is 84.3 cm³/mol. The highest BCUT2D eigenvalue weighted by Crippen LogP contribution is 2.26. The minimum atomic E-state index is -4.14. The zero-order valence-electron chi connectivity index (χ0n) is 12.6. The summed E-state index contributed by atoms with van der Waals surface area (Å²) >= 11 is 0. The van der Waals surface area contributed by atoms with Crippen molar-refractivity contribution in [1.29, 1.82) is 0 Å². The molecule has 1 atom stereocenters. The smallest absolute Gasteiger partial charge is 0.269 e. The largest absolute Gasteiger partial charge is 0.394 e. The number of sulfonamides is 1. The van der Waals surface area contributed by atoms with Crippen molar-refractivity contribution < 1.29 is 22.8 Å². The first-order valence-electron chi connectivity index (χ1n) is 6.84. The van der Waals surface area contributed by atoms with Crippen molar-refractivity contribution in [2.75, 3.05) is 6.61 Å². The molecule has 0 saturated carbocycles. The third-order valence-corrected chi connectivity index (χ3v) is 5.11. The first-order chi connectivity index (χ1) is 11.2. The van der Waals surface area contributed by atoms with Gasteiger partial charge in [-0.25, -0.2) is 12.8 Å². The van der Waals surface area contributed by atoms with E-state index in [0.717, 1.165) is 30.3 Å². The molecule has 0 amide bonds. The predicted octanol–water partition coefficient (Wildman–Crippen LogP) is 1.92. The van der Waals surface area contributed by atoms with Crippen LogP contribution in [0.5, 0.6) is 0 Å². The van der Waals surface area contributed by atoms with Crippen molar-refractivity contribution in [2.45, 2.75) is 17.4 Å². The number of benzene rings is 2. The maximum absolute atomic E-state index is 14.0. The Kier molecular flexibility index (Phi) is 4.97. The van der Waals surface area contributed by atoms with E-state index in [0.29, 0.717) is 0 Å². The van der Waals surface area contributed by atoms with Crippen LogP contribution in [0.2, 0.25) is 0 Å². The number of aliphatic hydroxyl groups excluding tert-OH is 1. The van der Waals surface area contributed by atoms with Crippen LogP contribution in [0.4, 0.5) is 10.1 Å². The van der Waals surface area contributed by atoms with Gasteiger partial charge in [0.1, 0.15) is 5.82 Å². The number of hydrogen-bond donors (Lipinski definition) is 2. The third kappa shape index (κ3) is 3.58. The summed E-state index contributed by atoms with van der Waals surface area (Å²) in [6, 6.07) is 9.72. The highest BCUT2D eigenvalue weighted by Gasteiger charge is 2.34. The zero-order chi connectivity index (χ0) is 18.0. The summed E-state index contributed by atoms with van der Waals surface area (Å²) in [6.45, 7) is 0.661. The fourth-order valence-electron chi connectivity index (χ4n) is 2.18. The Bertz CT molecular complexity index is 854. The van der Waals surface area contributed by atoms with Gasteiger partial charge in [0.05, 0.1) is 22.0 Å². The second-order valence-electron chi connectivity index (χ2n) is 5.33. The van der Waals surface area contributed by atoms with E-state index in [4.69, 9.17) is 0 Å². The standard InChI is InChI=1S/C15H15FN2O5S/c1-15(10-19,13-4-2-3-5-14(13)16)17-24(22,23)12-8-6-11(7-9-12)18(20)21/h2-9,17,19H,10H2,1H3/t15-/m0/s1. The van der Waals surface area contributed by atoms with Gasteiger partial charge in [-0.05, 0) is 25.1 Å². The Morgan fingerprint density at radius 1 is 1.21 bits per heavy atom. The molecular weight excluding hydrogens is 339 g/mol. The molecule has 2 aromatic rings. The Morgan fingerprint density at radius 2 is 1.79 bits per heavy atom. The van der Waals surface area contributed by atoms with Crippen molar-refractivity contribution >= 4 is 15.7 Å². The number of rotatable bonds is 6. The molecule has 0 unspecified atom stereocenters. The van der Waals surface area contributed by atoms with Gasteiger partial charge in [-0.3, -0.25) is 10.1 Å². The van der Waals surface area contributed by atoms with Gasteiger partial charge in [0, 0.05) is 17.7 Å². The van der Waals surface area contributed by atoms with E-state index < -0.39 is 32.9 Å². The molecule has 0 aliphatic heterocycles.